The first-order chi connectivity index (χ1) is 8.27. The van der Waals surface area contributed by atoms with Crippen molar-refractivity contribution < 1.29 is 4.74 Å². The molecule has 2 atom stereocenters. The van der Waals surface area contributed by atoms with E-state index in [4.69, 9.17) is 4.74 Å². The van der Waals surface area contributed by atoms with E-state index in [1.165, 1.54) is 25.0 Å². The van der Waals surface area contributed by atoms with E-state index in [1.807, 2.05) is 17.9 Å². The predicted octanol–water partition coefficient (Wildman–Crippen LogP) is 2.03. The van der Waals surface area contributed by atoms with Crippen LogP contribution >= 0.6 is 0 Å². The van der Waals surface area contributed by atoms with Crippen LogP contribution in [-0.4, -0.2) is 29.0 Å². The Morgan fingerprint density at radius 2 is 2.47 bits per heavy atom. The van der Waals surface area contributed by atoms with Gasteiger partial charge < -0.3 is 10.1 Å². The van der Waals surface area contributed by atoms with Gasteiger partial charge in [0, 0.05) is 25.9 Å². The van der Waals surface area contributed by atoms with E-state index < -0.39 is 0 Å². The van der Waals surface area contributed by atoms with E-state index in [0.717, 1.165) is 19.6 Å². The van der Waals surface area contributed by atoms with Gasteiger partial charge in [-0.1, -0.05) is 0 Å². The standard InChI is InChI=1S/C13H23N3O/c1-11(13-7-9-15-16(13)2)14-8-6-12-5-3-4-10-17-12/h7,9,11-12,14H,3-6,8,10H2,1-2H3. The number of nitrogens with one attached hydrogen (secondary N) is 1. The summed E-state index contributed by atoms with van der Waals surface area (Å²) in [6.07, 6.45) is 7.20. The smallest absolute Gasteiger partial charge is 0.0587 e. The lowest BCUT2D eigenvalue weighted by molar-refractivity contribution is 0.0112. The summed E-state index contributed by atoms with van der Waals surface area (Å²) in [5.74, 6) is 0. The van der Waals surface area contributed by atoms with Gasteiger partial charge in [0.15, 0.2) is 0 Å². The summed E-state index contributed by atoms with van der Waals surface area (Å²) in [4.78, 5) is 0. The van der Waals surface area contributed by atoms with Crippen molar-refractivity contribution in [1.82, 2.24) is 15.1 Å². The van der Waals surface area contributed by atoms with Crippen molar-refractivity contribution in [2.24, 2.45) is 7.05 Å². The second-order valence-corrected chi connectivity index (χ2v) is 4.83. The number of hydrogen-bond donors (Lipinski definition) is 1. The lowest BCUT2D eigenvalue weighted by atomic mass is 10.1. The molecule has 2 unspecified atom stereocenters. The zero-order valence-corrected chi connectivity index (χ0v) is 10.9. The van der Waals surface area contributed by atoms with Crippen LogP contribution in [0, 0.1) is 0 Å². The summed E-state index contributed by atoms with van der Waals surface area (Å²) in [5.41, 5.74) is 1.23. The molecule has 4 nitrogen and oxygen atoms in total. The van der Waals surface area contributed by atoms with Gasteiger partial charge in [-0.3, -0.25) is 4.68 Å². The molecule has 0 bridgehead atoms. The Kier molecular flexibility index (Phi) is 4.57. The number of hydrogen-bond acceptors (Lipinski definition) is 3. The molecule has 1 aromatic rings. The molecule has 17 heavy (non-hydrogen) atoms. The summed E-state index contributed by atoms with van der Waals surface area (Å²) in [5, 5.41) is 7.72. The molecule has 1 N–H and O–H groups in total. The van der Waals surface area contributed by atoms with Gasteiger partial charge in [0.1, 0.15) is 0 Å². The number of nitrogens with zero attached hydrogens (tertiary/aromatic N) is 2. The van der Waals surface area contributed by atoms with Crippen LogP contribution in [0.4, 0.5) is 0 Å². The maximum atomic E-state index is 5.72. The van der Waals surface area contributed by atoms with Gasteiger partial charge in [-0.25, -0.2) is 0 Å². The van der Waals surface area contributed by atoms with Crippen molar-refractivity contribution in [3.05, 3.63) is 18.0 Å². The third kappa shape index (κ3) is 3.54. The van der Waals surface area contributed by atoms with Crippen molar-refractivity contribution in [3.63, 3.8) is 0 Å². The van der Waals surface area contributed by atoms with Gasteiger partial charge in [0.2, 0.25) is 0 Å². The average molecular weight is 237 g/mol. The fourth-order valence-electron chi connectivity index (χ4n) is 2.41. The summed E-state index contributed by atoms with van der Waals surface area (Å²) >= 11 is 0. The molecule has 1 aliphatic rings. The molecule has 0 spiro atoms. The number of aromatic nitrogens is 2. The predicted molar refractivity (Wildman–Crippen MR) is 67.8 cm³/mol. The Hall–Kier alpha value is -0.870. The number of ether oxygens (including phenoxy) is 1. The Balaban J connectivity index is 1.69. The Labute approximate surface area is 103 Å². The molecular weight excluding hydrogens is 214 g/mol. The highest BCUT2D eigenvalue weighted by atomic mass is 16.5. The number of aryl methyl sites for hydroxylation is 1. The highest BCUT2D eigenvalue weighted by Crippen LogP contribution is 2.16. The fourth-order valence-corrected chi connectivity index (χ4v) is 2.41. The van der Waals surface area contributed by atoms with Gasteiger partial charge in [-0.05, 0) is 45.2 Å². The highest BCUT2D eigenvalue weighted by molar-refractivity contribution is 5.05. The zero-order chi connectivity index (χ0) is 12.1. The van der Waals surface area contributed by atoms with E-state index >= 15 is 0 Å². The van der Waals surface area contributed by atoms with Crippen molar-refractivity contribution in [2.75, 3.05) is 13.2 Å². The monoisotopic (exact) mass is 237 g/mol. The van der Waals surface area contributed by atoms with Crippen molar-refractivity contribution in [3.8, 4) is 0 Å². The minimum atomic E-state index is 0.353. The van der Waals surface area contributed by atoms with E-state index in [9.17, 15) is 0 Å². The van der Waals surface area contributed by atoms with Gasteiger partial charge in [-0.15, -0.1) is 0 Å². The molecule has 0 aliphatic carbocycles. The Bertz CT molecular complexity index is 331. The van der Waals surface area contributed by atoms with E-state index in [-0.39, 0.29) is 0 Å². The first kappa shape index (κ1) is 12.6. The van der Waals surface area contributed by atoms with Crippen molar-refractivity contribution in [1.29, 1.82) is 0 Å². The second-order valence-electron chi connectivity index (χ2n) is 4.83. The summed E-state index contributed by atoms with van der Waals surface area (Å²) in [6, 6.07) is 2.42. The van der Waals surface area contributed by atoms with Crippen molar-refractivity contribution in [2.45, 2.75) is 44.8 Å². The molecule has 1 aromatic heterocycles. The molecule has 1 fully saturated rings. The van der Waals surface area contributed by atoms with Gasteiger partial charge in [0.05, 0.1) is 11.8 Å². The minimum Gasteiger partial charge on any atom is -0.378 e. The maximum absolute atomic E-state index is 5.72. The average Bonchev–Trinajstić information content (AvgIpc) is 2.77. The van der Waals surface area contributed by atoms with E-state index in [1.54, 1.807) is 0 Å². The topological polar surface area (TPSA) is 39.1 Å². The molecule has 0 radical (unpaired) electrons. The Morgan fingerprint density at radius 3 is 3.12 bits per heavy atom. The second kappa shape index (κ2) is 6.17. The van der Waals surface area contributed by atoms with E-state index in [0.29, 0.717) is 12.1 Å². The molecule has 4 heteroatoms. The molecular formula is C13H23N3O. The quantitative estimate of drug-likeness (QED) is 0.851. The van der Waals surface area contributed by atoms with Gasteiger partial charge >= 0.3 is 0 Å². The van der Waals surface area contributed by atoms with E-state index in [2.05, 4.69) is 23.4 Å². The van der Waals surface area contributed by atoms with Crippen LogP contribution in [0.5, 0.6) is 0 Å². The molecule has 2 heterocycles. The van der Waals surface area contributed by atoms with Crippen molar-refractivity contribution >= 4 is 0 Å². The van der Waals surface area contributed by atoms with Crippen LogP contribution in [-0.2, 0) is 11.8 Å². The molecule has 0 aromatic carbocycles. The Morgan fingerprint density at radius 1 is 1.59 bits per heavy atom. The first-order valence-electron chi connectivity index (χ1n) is 6.60. The van der Waals surface area contributed by atoms with Crippen LogP contribution in [0.3, 0.4) is 0 Å². The van der Waals surface area contributed by atoms with Crippen LogP contribution in [0.25, 0.3) is 0 Å². The SMILES string of the molecule is CC(NCCC1CCCCO1)c1ccnn1C. The highest BCUT2D eigenvalue weighted by Gasteiger charge is 2.14. The normalized spacial score (nSPS) is 22.6. The maximum Gasteiger partial charge on any atom is 0.0587 e. The van der Waals surface area contributed by atoms with Crippen LogP contribution < -0.4 is 5.32 Å². The molecule has 1 saturated heterocycles. The summed E-state index contributed by atoms with van der Waals surface area (Å²) in [6.45, 7) is 4.14. The fraction of sp³-hybridized carbons (Fsp3) is 0.769. The molecule has 1 aliphatic heterocycles. The summed E-state index contributed by atoms with van der Waals surface area (Å²) in [7, 11) is 1.98. The molecule has 96 valence electrons. The van der Waals surface area contributed by atoms with Crippen LogP contribution in [0.1, 0.15) is 44.3 Å². The van der Waals surface area contributed by atoms with Crippen LogP contribution in [0.15, 0.2) is 12.3 Å². The largest absolute Gasteiger partial charge is 0.378 e. The molecule has 0 amide bonds. The third-order valence-corrected chi connectivity index (χ3v) is 3.49. The summed E-state index contributed by atoms with van der Waals surface area (Å²) < 4.78 is 7.64. The minimum absolute atomic E-state index is 0.353. The van der Waals surface area contributed by atoms with Gasteiger partial charge in [0.25, 0.3) is 0 Å². The third-order valence-electron chi connectivity index (χ3n) is 3.49. The van der Waals surface area contributed by atoms with Crippen LogP contribution in [0.2, 0.25) is 0 Å². The first-order valence-corrected chi connectivity index (χ1v) is 6.60. The van der Waals surface area contributed by atoms with Gasteiger partial charge in [-0.2, -0.15) is 5.10 Å². The lowest BCUT2D eigenvalue weighted by Gasteiger charge is -2.23. The molecule has 0 saturated carbocycles. The number of rotatable bonds is 5. The lowest BCUT2D eigenvalue weighted by Crippen LogP contribution is -2.27. The molecule has 2 rings (SSSR count). The zero-order valence-electron chi connectivity index (χ0n) is 10.9.